The van der Waals surface area contributed by atoms with Crippen molar-refractivity contribution in [2.45, 2.75) is 13.8 Å². The first kappa shape index (κ1) is 26.4. The number of rotatable bonds is 6. The van der Waals surface area contributed by atoms with Crippen LogP contribution in [0.4, 0.5) is 0 Å². The molecule has 0 bridgehead atoms. The predicted molar refractivity (Wildman–Crippen MR) is 175 cm³/mol. The van der Waals surface area contributed by atoms with Gasteiger partial charge < -0.3 is 0 Å². The first-order valence-electron chi connectivity index (χ1n) is 14.5. The molecular weight excluding hydrogens is 524 g/mol. The second kappa shape index (κ2) is 11.1. The van der Waals surface area contributed by atoms with Crippen molar-refractivity contribution in [2.24, 2.45) is 5.41 Å². The lowest BCUT2D eigenvalue weighted by molar-refractivity contribution is 0.677. The van der Waals surface area contributed by atoms with E-state index < -0.39 is 5.41 Å². The average molecular weight is 555 g/mol. The number of benzene rings is 2. The largest absolute Gasteiger partial charge is 0.255 e. The summed E-state index contributed by atoms with van der Waals surface area (Å²) in [4.78, 5) is 19.7. The summed E-state index contributed by atoms with van der Waals surface area (Å²) in [6.45, 7) is 4.58. The number of aromatic nitrogens is 4. The van der Waals surface area contributed by atoms with Crippen LogP contribution in [0.2, 0.25) is 0 Å². The van der Waals surface area contributed by atoms with E-state index in [1.54, 1.807) is 0 Å². The van der Waals surface area contributed by atoms with Gasteiger partial charge in [0.1, 0.15) is 0 Å². The van der Waals surface area contributed by atoms with Crippen LogP contribution in [0, 0.1) is 5.41 Å². The Morgan fingerprint density at radius 1 is 0.372 bits per heavy atom. The highest BCUT2D eigenvalue weighted by atomic mass is 14.8. The minimum atomic E-state index is -0.443. The third kappa shape index (κ3) is 4.87. The van der Waals surface area contributed by atoms with E-state index in [9.17, 15) is 0 Å². The molecule has 7 rings (SSSR count). The molecule has 0 spiro atoms. The third-order valence-electron chi connectivity index (χ3n) is 7.99. The first-order valence-corrected chi connectivity index (χ1v) is 14.5. The summed E-state index contributed by atoms with van der Waals surface area (Å²) in [5.41, 5.74) is 11.8. The molecule has 6 aromatic rings. The molecule has 0 N–H and O–H groups in total. The lowest BCUT2D eigenvalue weighted by Crippen LogP contribution is -2.16. The number of nitrogens with zero attached hydrogens (tertiary/aromatic N) is 4. The Morgan fingerprint density at radius 3 is 1.14 bits per heavy atom. The first-order chi connectivity index (χ1) is 21.1. The lowest BCUT2D eigenvalue weighted by Gasteiger charge is -2.28. The zero-order valence-electron chi connectivity index (χ0n) is 24.1. The highest BCUT2D eigenvalue weighted by Gasteiger charge is 2.43. The van der Waals surface area contributed by atoms with Crippen LogP contribution in [0.1, 0.15) is 36.4 Å². The highest BCUT2D eigenvalue weighted by molar-refractivity contribution is 6.29. The lowest BCUT2D eigenvalue weighted by atomic mass is 9.76. The molecule has 4 nitrogen and oxygen atoms in total. The normalized spacial score (nSPS) is 14.3. The van der Waals surface area contributed by atoms with Crippen molar-refractivity contribution in [3.63, 3.8) is 0 Å². The average Bonchev–Trinajstić information content (AvgIpc) is 3.33. The van der Waals surface area contributed by atoms with Gasteiger partial charge in [0, 0.05) is 17.8 Å². The molecule has 0 saturated heterocycles. The maximum absolute atomic E-state index is 5.24. The summed E-state index contributed by atoms with van der Waals surface area (Å²) in [5, 5.41) is 0. The highest BCUT2D eigenvalue weighted by Crippen LogP contribution is 2.60. The van der Waals surface area contributed by atoms with Gasteiger partial charge in [0.2, 0.25) is 0 Å². The minimum Gasteiger partial charge on any atom is -0.255 e. The van der Waals surface area contributed by atoms with Gasteiger partial charge in [0.25, 0.3) is 0 Å². The number of hydrogen-bond donors (Lipinski definition) is 0. The molecular formula is C39H30N4. The van der Waals surface area contributed by atoms with Crippen LogP contribution in [0.5, 0.6) is 0 Å². The fraction of sp³-hybridized carbons (Fsp3) is 0.0769. The van der Waals surface area contributed by atoms with Crippen molar-refractivity contribution >= 4 is 22.3 Å². The fourth-order valence-corrected chi connectivity index (χ4v) is 6.15. The Bertz CT molecular complexity index is 1820. The summed E-state index contributed by atoms with van der Waals surface area (Å²) in [7, 11) is 0. The van der Waals surface area contributed by atoms with Crippen molar-refractivity contribution in [3.8, 4) is 22.8 Å². The Labute approximate surface area is 252 Å². The van der Waals surface area contributed by atoms with Crippen molar-refractivity contribution in [3.05, 3.63) is 168 Å². The monoisotopic (exact) mass is 554 g/mol. The van der Waals surface area contributed by atoms with E-state index in [4.69, 9.17) is 9.97 Å². The van der Waals surface area contributed by atoms with E-state index in [0.29, 0.717) is 0 Å². The Balaban J connectivity index is 1.52. The zero-order chi connectivity index (χ0) is 29.2. The fourth-order valence-electron chi connectivity index (χ4n) is 6.15. The molecule has 206 valence electrons. The van der Waals surface area contributed by atoms with Gasteiger partial charge in [-0.1, -0.05) is 98.8 Å². The van der Waals surface area contributed by atoms with Crippen molar-refractivity contribution in [1.82, 2.24) is 19.9 Å². The predicted octanol–water partition coefficient (Wildman–Crippen LogP) is 9.16. The second-order valence-electron chi connectivity index (χ2n) is 11.1. The Kier molecular flexibility index (Phi) is 6.80. The quantitative estimate of drug-likeness (QED) is 0.206. The van der Waals surface area contributed by atoms with Crippen molar-refractivity contribution in [1.29, 1.82) is 0 Å². The molecule has 0 atom stereocenters. The molecule has 1 aliphatic carbocycles. The Morgan fingerprint density at radius 2 is 0.744 bits per heavy atom. The molecule has 1 aliphatic rings. The van der Waals surface area contributed by atoms with E-state index >= 15 is 0 Å². The van der Waals surface area contributed by atoms with Crippen LogP contribution in [0.3, 0.4) is 0 Å². The van der Waals surface area contributed by atoms with Crippen LogP contribution in [0.15, 0.2) is 146 Å². The summed E-state index contributed by atoms with van der Waals surface area (Å²) < 4.78 is 0. The van der Waals surface area contributed by atoms with Gasteiger partial charge in [-0.2, -0.15) is 0 Å². The molecule has 0 amide bonds. The second-order valence-corrected chi connectivity index (χ2v) is 11.1. The molecule has 4 heteroatoms. The molecule has 0 aliphatic heterocycles. The van der Waals surface area contributed by atoms with Gasteiger partial charge in [-0.25, -0.2) is 9.97 Å². The van der Waals surface area contributed by atoms with Crippen molar-refractivity contribution < 1.29 is 0 Å². The standard InChI is InChI=1S/C39H30N4/c1-39(2)37(33-23-13-21-31(42-33)29-19-9-11-25-40-29)35(27-15-5-3-6-16-27)36(28-17-7-4-8-18-28)38(39)34-24-14-22-32(43-34)30-20-10-12-26-41-30/h3-26H,1-2H3. The number of allylic oxidation sites excluding steroid dienone is 4. The van der Waals surface area contributed by atoms with Crippen LogP contribution in [-0.2, 0) is 0 Å². The van der Waals surface area contributed by atoms with Crippen LogP contribution in [0.25, 0.3) is 45.1 Å². The summed E-state index contributed by atoms with van der Waals surface area (Å²) in [6, 6.07) is 45.6. The summed E-state index contributed by atoms with van der Waals surface area (Å²) in [5.74, 6) is 0. The van der Waals surface area contributed by atoms with E-state index in [1.165, 1.54) is 11.1 Å². The van der Waals surface area contributed by atoms with Crippen LogP contribution in [-0.4, -0.2) is 19.9 Å². The number of hydrogen-bond acceptors (Lipinski definition) is 4. The molecule has 0 unspecified atom stereocenters. The maximum Gasteiger partial charge on any atom is 0.0893 e. The van der Waals surface area contributed by atoms with Crippen LogP contribution >= 0.6 is 0 Å². The SMILES string of the molecule is CC1(C)C(c2cccc(-c3ccccn3)n2)=C(c2ccccc2)C(c2ccccc2)=C1c1cccc(-c2ccccn2)n1. The van der Waals surface area contributed by atoms with Crippen LogP contribution < -0.4 is 0 Å². The summed E-state index contributed by atoms with van der Waals surface area (Å²) >= 11 is 0. The van der Waals surface area contributed by atoms with Gasteiger partial charge in [-0.15, -0.1) is 0 Å². The minimum absolute atomic E-state index is 0.443. The van der Waals surface area contributed by atoms with Gasteiger partial charge in [0.15, 0.2) is 0 Å². The van der Waals surface area contributed by atoms with E-state index in [2.05, 4.69) is 109 Å². The molecule has 0 fully saturated rings. The van der Waals surface area contributed by atoms with Crippen molar-refractivity contribution in [2.75, 3.05) is 0 Å². The maximum atomic E-state index is 5.24. The molecule has 4 aromatic heterocycles. The molecule has 43 heavy (non-hydrogen) atoms. The Hall–Kier alpha value is -5.48. The van der Waals surface area contributed by atoms with E-state index in [1.807, 2.05) is 60.9 Å². The van der Waals surface area contributed by atoms with Gasteiger partial charge in [0.05, 0.1) is 34.2 Å². The van der Waals surface area contributed by atoms with Gasteiger partial charge in [-0.05, 0) is 82.0 Å². The van der Waals surface area contributed by atoms with Gasteiger partial charge in [-0.3, -0.25) is 9.97 Å². The van der Waals surface area contributed by atoms with E-state index in [0.717, 1.165) is 56.4 Å². The van der Waals surface area contributed by atoms with E-state index in [-0.39, 0.29) is 0 Å². The summed E-state index contributed by atoms with van der Waals surface area (Å²) in [6.07, 6.45) is 3.62. The number of pyridine rings is 4. The zero-order valence-corrected chi connectivity index (χ0v) is 24.1. The third-order valence-corrected chi connectivity index (χ3v) is 7.99. The molecule has 0 radical (unpaired) electrons. The van der Waals surface area contributed by atoms with Gasteiger partial charge >= 0.3 is 0 Å². The molecule has 4 heterocycles. The topological polar surface area (TPSA) is 51.6 Å². The smallest absolute Gasteiger partial charge is 0.0893 e. The molecule has 0 saturated carbocycles. The molecule has 2 aromatic carbocycles.